The topological polar surface area (TPSA) is 63.9 Å². The Morgan fingerprint density at radius 1 is 1.03 bits per heavy atom. The SMILES string of the molecule is Cn1nccc1-c1nnc(N2CCC(C(=O)Cc3ccc(F)cc3C(F)(F)F)CC2)c2ccccc12. The number of carbonyl (C=O) groups is 1. The molecule has 186 valence electrons. The molecule has 2 aromatic heterocycles. The van der Waals surface area contributed by atoms with Gasteiger partial charge in [-0.1, -0.05) is 30.3 Å². The molecule has 3 heterocycles. The largest absolute Gasteiger partial charge is 0.416 e. The standard InChI is InChI=1S/C26H23F4N5O/c1-34-22(8-11-31-34)24-19-4-2-3-5-20(19)25(33-32-24)35-12-9-16(10-13-35)23(36)14-17-6-7-18(27)15-21(17)26(28,29)30/h2-8,11,15-16H,9-10,12-14H2,1H3. The summed E-state index contributed by atoms with van der Waals surface area (Å²) in [5.74, 6) is -0.913. The van der Waals surface area contributed by atoms with Crippen LogP contribution in [0.3, 0.4) is 0 Å². The van der Waals surface area contributed by atoms with Crippen LogP contribution < -0.4 is 4.90 Å². The number of fused-ring (bicyclic) bond motifs is 1. The molecule has 0 atom stereocenters. The van der Waals surface area contributed by atoms with Gasteiger partial charge in [0.1, 0.15) is 17.3 Å². The van der Waals surface area contributed by atoms with Crippen molar-refractivity contribution in [2.24, 2.45) is 13.0 Å². The van der Waals surface area contributed by atoms with Crippen molar-refractivity contribution in [1.82, 2.24) is 20.0 Å². The third-order valence-electron chi connectivity index (χ3n) is 6.72. The predicted octanol–water partition coefficient (Wildman–Crippen LogP) is 5.22. The quantitative estimate of drug-likeness (QED) is 0.354. The summed E-state index contributed by atoms with van der Waals surface area (Å²) in [7, 11) is 1.84. The van der Waals surface area contributed by atoms with Crippen molar-refractivity contribution >= 4 is 22.4 Å². The Balaban J connectivity index is 1.33. The number of piperidine rings is 1. The van der Waals surface area contributed by atoms with Crippen LogP contribution in [0.15, 0.2) is 54.7 Å². The number of ketones is 1. The Bertz CT molecular complexity index is 1420. The van der Waals surface area contributed by atoms with Gasteiger partial charge >= 0.3 is 6.18 Å². The fourth-order valence-corrected chi connectivity index (χ4v) is 4.83. The first-order valence-electron chi connectivity index (χ1n) is 11.6. The van der Waals surface area contributed by atoms with Crippen LogP contribution in [-0.4, -0.2) is 38.9 Å². The lowest BCUT2D eigenvalue weighted by molar-refractivity contribution is -0.138. The summed E-state index contributed by atoms with van der Waals surface area (Å²) in [6, 6.07) is 12.1. The molecule has 0 radical (unpaired) electrons. The van der Waals surface area contributed by atoms with Crippen molar-refractivity contribution in [3.8, 4) is 11.4 Å². The van der Waals surface area contributed by atoms with Gasteiger partial charge in [0.25, 0.3) is 0 Å². The molecule has 6 nitrogen and oxygen atoms in total. The Labute approximate surface area is 204 Å². The third-order valence-corrected chi connectivity index (χ3v) is 6.72. The summed E-state index contributed by atoms with van der Waals surface area (Å²) in [5.41, 5.74) is 0.273. The van der Waals surface area contributed by atoms with E-state index in [1.807, 2.05) is 37.4 Å². The molecule has 1 saturated heterocycles. The average molecular weight is 497 g/mol. The minimum atomic E-state index is -4.72. The highest BCUT2D eigenvalue weighted by Crippen LogP contribution is 2.35. The second-order valence-corrected chi connectivity index (χ2v) is 8.96. The first kappa shape index (κ1) is 23.9. The van der Waals surface area contributed by atoms with Gasteiger partial charge in [0, 0.05) is 49.4 Å². The summed E-state index contributed by atoms with van der Waals surface area (Å²) < 4.78 is 55.1. The Hall–Kier alpha value is -3.82. The molecule has 1 aliphatic rings. The number of hydrogen-bond donors (Lipinski definition) is 0. The van der Waals surface area contributed by atoms with Gasteiger partial charge in [0.15, 0.2) is 5.82 Å². The molecule has 10 heteroatoms. The second kappa shape index (κ2) is 9.33. The highest BCUT2D eigenvalue weighted by Gasteiger charge is 2.35. The van der Waals surface area contributed by atoms with E-state index < -0.39 is 17.6 Å². The fraction of sp³-hybridized carbons (Fsp3) is 0.308. The number of rotatable bonds is 5. The third kappa shape index (κ3) is 4.55. The van der Waals surface area contributed by atoms with Crippen LogP contribution in [0.1, 0.15) is 24.0 Å². The lowest BCUT2D eigenvalue weighted by Crippen LogP contribution is -2.37. The smallest absolute Gasteiger partial charge is 0.355 e. The second-order valence-electron chi connectivity index (χ2n) is 8.96. The van der Waals surface area contributed by atoms with E-state index in [-0.39, 0.29) is 23.7 Å². The van der Waals surface area contributed by atoms with Gasteiger partial charge in [-0.2, -0.15) is 18.3 Å². The maximum atomic E-state index is 13.4. The number of aromatic nitrogens is 4. The number of nitrogens with zero attached hydrogens (tertiary/aromatic N) is 5. The Morgan fingerprint density at radius 2 is 1.75 bits per heavy atom. The van der Waals surface area contributed by atoms with Crippen LogP contribution in [0.4, 0.5) is 23.4 Å². The molecule has 1 aliphatic heterocycles. The number of benzene rings is 2. The van der Waals surface area contributed by atoms with Crippen LogP contribution >= 0.6 is 0 Å². The molecule has 0 spiro atoms. The van der Waals surface area contributed by atoms with Crippen molar-refractivity contribution < 1.29 is 22.4 Å². The molecular weight excluding hydrogens is 474 g/mol. The lowest BCUT2D eigenvalue weighted by atomic mass is 9.88. The molecule has 36 heavy (non-hydrogen) atoms. The van der Waals surface area contributed by atoms with Crippen LogP contribution in [0.2, 0.25) is 0 Å². The van der Waals surface area contributed by atoms with Gasteiger partial charge in [0.2, 0.25) is 0 Å². The highest BCUT2D eigenvalue weighted by atomic mass is 19.4. The minimum Gasteiger partial charge on any atom is -0.355 e. The number of aryl methyl sites for hydroxylation is 1. The number of halogens is 4. The molecule has 4 aromatic rings. The number of hydrogen-bond acceptors (Lipinski definition) is 5. The molecule has 0 unspecified atom stereocenters. The first-order valence-corrected chi connectivity index (χ1v) is 11.6. The van der Waals surface area contributed by atoms with E-state index >= 15 is 0 Å². The molecule has 0 saturated carbocycles. The number of anilines is 1. The van der Waals surface area contributed by atoms with Crippen LogP contribution in [-0.2, 0) is 24.4 Å². The Kier molecular flexibility index (Phi) is 6.19. The van der Waals surface area contributed by atoms with Gasteiger partial charge < -0.3 is 4.90 Å². The van der Waals surface area contributed by atoms with Crippen LogP contribution in [0.25, 0.3) is 22.2 Å². The van der Waals surface area contributed by atoms with E-state index in [0.717, 1.165) is 34.3 Å². The molecular formula is C26H23F4N5O. The molecule has 1 fully saturated rings. The summed E-state index contributed by atoms with van der Waals surface area (Å²) in [4.78, 5) is 14.9. The van der Waals surface area contributed by atoms with Gasteiger partial charge in [0.05, 0.1) is 11.3 Å². The summed E-state index contributed by atoms with van der Waals surface area (Å²) >= 11 is 0. The number of Topliss-reactive ketones (excluding diaryl/α,β-unsaturated/α-hetero) is 1. The van der Waals surface area contributed by atoms with E-state index in [4.69, 9.17) is 0 Å². The molecule has 0 N–H and O–H groups in total. The minimum absolute atomic E-state index is 0.195. The van der Waals surface area contributed by atoms with Gasteiger partial charge in [-0.3, -0.25) is 9.48 Å². The lowest BCUT2D eigenvalue weighted by Gasteiger charge is -2.32. The van der Waals surface area contributed by atoms with E-state index in [1.165, 1.54) is 0 Å². The van der Waals surface area contributed by atoms with Crippen molar-refractivity contribution in [3.63, 3.8) is 0 Å². The van der Waals surface area contributed by atoms with E-state index in [2.05, 4.69) is 20.2 Å². The van der Waals surface area contributed by atoms with E-state index in [0.29, 0.717) is 37.8 Å². The normalized spacial score (nSPS) is 15.0. The maximum absolute atomic E-state index is 13.4. The molecule has 0 amide bonds. The van der Waals surface area contributed by atoms with E-state index in [9.17, 15) is 22.4 Å². The average Bonchev–Trinajstić information content (AvgIpc) is 3.29. The summed E-state index contributed by atoms with van der Waals surface area (Å²) in [6.45, 7) is 1.05. The fourth-order valence-electron chi connectivity index (χ4n) is 4.83. The van der Waals surface area contributed by atoms with Crippen LogP contribution in [0.5, 0.6) is 0 Å². The van der Waals surface area contributed by atoms with Crippen LogP contribution in [0, 0.1) is 11.7 Å². The number of carbonyl (C=O) groups excluding carboxylic acids is 1. The molecule has 0 aliphatic carbocycles. The van der Waals surface area contributed by atoms with Crippen molar-refractivity contribution in [3.05, 3.63) is 71.7 Å². The number of alkyl halides is 3. The van der Waals surface area contributed by atoms with Crippen molar-refractivity contribution in [2.75, 3.05) is 18.0 Å². The maximum Gasteiger partial charge on any atom is 0.416 e. The first-order chi connectivity index (χ1) is 17.2. The molecule has 0 bridgehead atoms. The summed E-state index contributed by atoms with van der Waals surface area (Å²) in [5, 5.41) is 15.1. The predicted molar refractivity (Wildman–Crippen MR) is 127 cm³/mol. The molecule has 2 aromatic carbocycles. The van der Waals surface area contributed by atoms with E-state index in [1.54, 1.807) is 10.9 Å². The van der Waals surface area contributed by atoms with Gasteiger partial charge in [-0.25, -0.2) is 4.39 Å². The van der Waals surface area contributed by atoms with Gasteiger partial charge in [-0.05, 0) is 36.6 Å². The zero-order valence-electron chi connectivity index (χ0n) is 19.5. The highest BCUT2D eigenvalue weighted by molar-refractivity contribution is 5.99. The van der Waals surface area contributed by atoms with Gasteiger partial charge in [-0.15, -0.1) is 10.2 Å². The molecule has 5 rings (SSSR count). The monoisotopic (exact) mass is 497 g/mol. The van der Waals surface area contributed by atoms with Crippen molar-refractivity contribution in [1.29, 1.82) is 0 Å². The summed E-state index contributed by atoms with van der Waals surface area (Å²) in [6.07, 6.45) is -2.42. The zero-order valence-corrected chi connectivity index (χ0v) is 19.5. The zero-order chi connectivity index (χ0) is 25.4. The Morgan fingerprint density at radius 3 is 2.42 bits per heavy atom. The van der Waals surface area contributed by atoms with Crippen molar-refractivity contribution in [2.45, 2.75) is 25.4 Å².